The minimum absolute atomic E-state index is 0.286. The van der Waals surface area contributed by atoms with E-state index in [1.165, 1.54) is 11.1 Å². The van der Waals surface area contributed by atoms with Crippen LogP contribution < -0.4 is 5.32 Å². The fourth-order valence-corrected chi connectivity index (χ4v) is 2.25. The third kappa shape index (κ3) is 2.78. The third-order valence-corrected chi connectivity index (χ3v) is 3.56. The van der Waals surface area contributed by atoms with Gasteiger partial charge in [0.25, 0.3) is 0 Å². The van der Waals surface area contributed by atoms with Gasteiger partial charge < -0.3 is 19.4 Å². The fourth-order valence-electron chi connectivity index (χ4n) is 2.25. The van der Waals surface area contributed by atoms with E-state index in [2.05, 4.69) is 47.8 Å². The van der Waals surface area contributed by atoms with E-state index in [1.54, 1.807) is 14.2 Å². The Morgan fingerprint density at radius 1 is 1.20 bits per heavy atom. The summed E-state index contributed by atoms with van der Waals surface area (Å²) in [5, 5.41) is 3.30. The molecule has 0 bridgehead atoms. The van der Waals surface area contributed by atoms with E-state index in [0.717, 1.165) is 23.5 Å². The summed E-state index contributed by atoms with van der Waals surface area (Å²) in [6, 6.07) is 4.29. The highest BCUT2D eigenvalue weighted by molar-refractivity contribution is 5.80. The fraction of sp³-hybridized carbons (Fsp3) is 0.533. The van der Waals surface area contributed by atoms with Gasteiger partial charge in [-0.1, -0.05) is 0 Å². The first-order chi connectivity index (χ1) is 9.60. The van der Waals surface area contributed by atoms with Crippen molar-refractivity contribution in [2.45, 2.75) is 33.6 Å². The zero-order valence-electron chi connectivity index (χ0n) is 12.9. The lowest BCUT2D eigenvalue weighted by Gasteiger charge is -2.17. The van der Waals surface area contributed by atoms with Crippen LogP contribution in [-0.2, 0) is 16.0 Å². The SMILES string of the molecule is CCNc1nc2cc(C)c(C)cc2n1CC(OC)OC. The molecule has 5 heteroatoms. The summed E-state index contributed by atoms with van der Waals surface area (Å²) in [5.74, 6) is 0.853. The van der Waals surface area contributed by atoms with Gasteiger partial charge in [0.2, 0.25) is 5.95 Å². The number of rotatable bonds is 6. The normalized spacial score (nSPS) is 11.5. The smallest absolute Gasteiger partial charge is 0.204 e. The van der Waals surface area contributed by atoms with E-state index >= 15 is 0 Å². The number of imidazole rings is 1. The number of methoxy groups -OCH3 is 2. The average molecular weight is 277 g/mol. The quantitative estimate of drug-likeness (QED) is 0.825. The molecular formula is C15H23N3O2. The lowest BCUT2D eigenvalue weighted by molar-refractivity contribution is -0.110. The van der Waals surface area contributed by atoms with Gasteiger partial charge in [-0.15, -0.1) is 0 Å². The maximum Gasteiger partial charge on any atom is 0.204 e. The minimum atomic E-state index is -0.286. The van der Waals surface area contributed by atoms with Crippen molar-refractivity contribution in [1.82, 2.24) is 9.55 Å². The molecule has 0 saturated carbocycles. The summed E-state index contributed by atoms with van der Waals surface area (Å²) in [7, 11) is 3.30. The lowest BCUT2D eigenvalue weighted by atomic mass is 10.1. The van der Waals surface area contributed by atoms with Crippen LogP contribution in [0.1, 0.15) is 18.1 Å². The Morgan fingerprint density at radius 2 is 1.85 bits per heavy atom. The molecule has 110 valence electrons. The molecule has 0 radical (unpaired) electrons. The molecule has 0 aliphatic carbocycles. The first kappa shape index (κ1) is 14.8. The number of ether oxygens (including phenoxy) is 2. The Balaban J connectivity index is 2.52. The second kappa shape index (κ2) is 6.24. The van der Waals surface area contributed by atoms with Gasteiger partial charge >= 0.3 is 0 Å². The highest BCUT2D eigenvalue weighted by atomic mass is 16.7. The second-order valence-corrected chi connectivity index (χ2v) is 4.90. The molecular weight excluding hydrogens is 254 g/mol. The van der Waals surface area contributed by atoms with Crippen LogP contribution >= 0.6 is 0 Å². The van der Waals surface area contributed by atoms with E-state index in [1.807, 2.05) is 0 Å². The Morgan fingerprint density at radius 3 is 2.45 bits per heavy atom. The zero-order chi connectivity index (χ0) is 14.7. The van der Waals surface area contributed by atoms with Crippen molar-refractivity contribution in [3.63, 3.8) is 0 Å². The molecule has 0 unspecified atom stereocenters. The van der Waals surface area contributed by atoms with Gasteiger partial charge in [-0.3, -0.25) is 0 Å². The molecule has 0 spiro atoms. The monoisotopic (exact) mass is 277 g/mol. The summed E-state index contributed by atoms with van der Waals surface area (Å²) in [4.78, 5) is 4.67. The van der Waals surface area contributed by atoms with Crippen molar-refractivity contribution in [2.75, 3.05) is 26.1 Å². The van der Waals surface area contributed by atoms with Crippen LogP contribution in [0.4, 0.5) is 5.95 Å². The molecule has 0 aliphatic rings. The Bertz CT molecular complexity index is 588. The van der Waals surface area contributed by atoms with Crippen molar-refractivity contribution < 1.29 is 9.47 Å². The Labute approximate surface area is 119 Å². The van der Waals surface area contributed by atoms with Crippen LogP contribution in [0.2, 0.25) is 0 Å². The van der Waals surface area contributed by atoms with E-state index in [9.17, 15) is 0 Å². The lowest BCUT2D eigenvalue weighted by Crippen LogP contribution is -2.21. The molecule has 5 nitrogen and oxygen atoms in total. The highest BCUT2D eigenvalue weighted by Gasteiger charge is 2.15. The first-order valence-corrected chi connectivity index (χ1v) is 6.87. The molecule has 2 rings (SSSR count). The molecule has 1 heterocycles. The maximum atomic E-state index is 5.31. The van der Waals surface area contributed by atoms with Crippen molar-refractivity contribution in [1.29, 1.82) is 0 Å². The van der Waals surface area contributed by atoms with Crippen molar-refractivity contribution in [3.05, 3.63) is 23.3 Å². The number of anilines is 1. The van der Waals surface area contributed by atoms with Gasteiger partial charge in [-0.25, -0.2) is 4.98 Å². The summed E-state index contributed by atoms with van der Waals surface area (Å²) < 4.78 is 12.7. The van der Waals surface area contributed by atoms with Gasteiger partial charge in [0.1, 0.15) is 0 Å². The first-order valence-electron chi connectivity index (χ1n) is 6.87. The van der Waals surface area contributed by atoms with Crippen molar-refractivity contribution >= 4 is 17.0 Å². The van der Waals surface area contributed by atoms with Crippen LogP contribution in [0.15, 0.2) is 12.1 Å². The molecule has 0 saturated heterocycles. The molecule has 1 aromatic heterocycles. The van der Waals surface area contributed by atoms with Gasteiger partial charge in [0.15, 0.2) is 6.29 Å². The summed E-state index contributed by atoms with van der Waals surface area (Å²) in [6.45, 7) is 7.71. The van der Waals surface area contributed by atoms with Crippen molar-refractivity contribution in [2.24, 2.45) is 0 Å². The number of nitrogens with one attached hydrogen (secondary N) is 1. The average Bonchev–Trinajstić information content (AvgIpc) is 2.74. The third-order valence-electron chi connectivity index (χ3n) is 3.56. The Hall–Kier alpha value is -1.59. The Kier molecular flexibility index (Phi) is 4.62. The van der Waals surface area contributed by atoms with Gasteiger partial charge in [-0.2, -0.15) is 0 Å². The van der Waals surface area contributed by atoms with Crippen LogP contribution in [-0.4, -0.2) is 36.6 Å². The van der Waals surface area contributed by atoms with Crippen molar-refractivity contribution in [3.8, 4) is 0 Å². The summed E-state index contributed by atoms with van der Waals surface area (Å²) in [5.41, 5.74) is 4.60. The molecule has 1 N–H and O–H groups in total. The zero-order valence-corrected chi connectivity index (χ0v) is 12.9. The molecule has 0 fully saturated rings. The summed E-state index contributed by atoms with van der Waals surface area (Å²) >= 11 is 0. The number of hydrogen-bond donors (Lipinski definition) is 1. The number of nitrogens with zero attached hydrogens (tertiary/aromatic N) is 2. The summed E-state index contributed by atoms with van der Waals surface area (Å²) in [6.07, 6.45) is -0.286. The molecule has 0 aliphatic heterocycles. The topological polar surface area (TPSA) is 48.3 Å². The van der Waals surface area contributed by atoms with E-state index in [4.69, 9.17) is 9.47 Å². The van der Waals surface area contributed by atoms with Crippen LogP contribution in [0.25, 0.3) is 11.0 Å². The van der Waals surface area contributed by atoms with E-state index in [-0.39, 0.29) is 6.29 Å². The largest absolute Gasteiger partial charge is 0.356 e. The van der Waals surface area contributed by atoms with Crippen LogP contribution in [0, 0.1) is 13.8 Å². The molecule has 20 heavy (non-hydrogen) atoms. The molecule has 0 amide bonds. The number of aryl methyl sites for hydroxylation is 2. The molecule has 2 aromatic rings. The number of benzene rings is 1. The standard InChI is InChI=1S/C15H23N3O2/c1-6-16-15-17-12-7-10(2)11(3)8-13(12)18(15)9-14(19-4)20-5/h7-8,14H,6,9H2,1-5H3,(H,16,17). The van der Waals surface area contributed by atoms with Crippen LogP contribution in [0.5, 0.6) is 0 Å². The van der Waals surface area contributed by atoms with Gasteiger partial charge in [0.05, 0.1) is 17.6 Å². The van der Waals surface area contributed by atoms with Gasteiger partial charge in [-0.05, 0) is 44.0 Å². The number of fused-ring (bicyclic) bond motifs is 1. The van der Waals surface area contributed by atoms with E-state index < -0.39 is 0 Å². The number of hydrogen-bond acceptors (Lipinski definition) is 4. The molecule has 1 aromatic carbocycles. The second-order valence-electron chi connectivity index (χ2n) is 4.90. The van der Waals surface area contributed by atoms with E-state index in [0.29, 0.717) is 6.54 Å². The molecule has 0 atom stereocenters. The number of aromatic nitrogens is 2. The maximum absolute atomic E-state index is 5.31. The predicted octanol–water partition coefficient (Wildman–Crippen LogP) is 2.70. The predicted molar refractivity (Wildman–Crippen MR) is 81.2 cm³/mol. The van der Waals surface area contributed by atoms with Gasteiger partial charge in [0, 0.05) is 20.8 Å². The highest BCUT2D eigenvalue weighted by Crippen LogP contribution is 2.24. The minimum Gasteiger partial charge on any atom is -0.356 e. The van der Waals surface area contributed by atoms with Crippen LogP contribution in [0.3, 0.4) is 0 Å².